The number of amides is 2. The molecular weight excluding hydrogens is 528 g/mol. The number of rotatable bonds is 11. The molecular formula is C27H32N2O7S2. The normalized spacial score (nSPS) is 18.8. The number of hydrogen-bond donors (Lipinski definition) is 1. The summed E-state index contributed by atoms with van der Waals surface area (Å²) in [5, 5.41) is -0.413. The number of aromatic amines is 1. The molecule has 1 aliphatic heterocycles. The number of carbonyl (C=O) groups excluding carboxylic acids is 2. The Labute approximate surface area is 223 Å². The van der Waals surface area contributed by atoms with E-state index in [2.05, 4.69) is 4.98 Å². The number of likely N-dealkylation sites (tertiary alicyclic amines) is 1. The smallest absolute Gasteiger partial charge is 0.264 e. The first-order valence-corrected chi connectivity index (χ1v) is 15.9. The highest BCUT2D eigenvalue weighted by atomic mass is 32.2. The first-order chi connectivity index (χ1) is 18.0. The van der Waals surface area contributed by atoms with Crippen molar-refractivity contribution < 1.29 is 30.6 Å². The van der Waals surface area contributed by atoms with Gasteiger partial charge in [0.15, 0.2) is 9.84 Å². The van der Waals surface area contributed by atoms with Gasteiger partial charge >= 0.3 is 0 Å². The average molecular weight is 561 g/mol. The highest BCUT2D eigenvalue weighted by Crippen LogP contribution is 2.34. The van der Waals surface area contributed by atoms with Crippen molar-refractivity contribution in [3.63, 3.8) is 0 Å². The van der Waals surface area contributed by atoms with Crippen LogP contribution in [-0.2, 0) is 40.1 Å². The highest BCUT2D eigenvalue weighted by molar-refractivity contribution is 7.92. The number of carbonyl (C=O) groups is 2. The zero-order chi connectivity index (χ0) is 27.5. The fourth-order valence-electron chi connectivity index (χ4n) is 4.96. The van der Waals surface area contributed by atoms with Crippen LogP contribution < -0.4 is 0 Å². The minimum Gasteiger partial charge on any atom is -0.361 e. The van der Waals surface area contributed by atoms with Crippen molar-refractivity contribution in [2.45, 2.75) is 49.2 Å². The molecule has 1 aliphatic rings. The van der Waals surface area contributed by atoms with Crippen molar-refractivity contribution in [1.29, 1.82) is 0 Å². The van der Waals surface area contributed by atoms with Crippen LogP contribution in [0.2, 0.25) is 0 Å². The Hall–Kier alpha value is -3.02. The van der Waals surface area contributed by atoms with E-state index >= 15 is 0 Å². The fourth-order valence-corrected chi connectivity index (χ4v) is 7.32. The van der Waals surface area contributed by atoms with E-state index in [0.717, 1.165) is 33.2 Å². The molecule has 2 aromatic carbocycles. The summed E-state index contributed by atoms with van der Waals surface area (Å²) in [5.74, 6) is -1.83. The molecule has 2 atom stereocenters. The van der Waals surface area contributed by atoms with Crippen LogP contribution in [-0.4, -0.2) is 63.2 Å². The van der Waals surface area contributed by atoms with Crippen molar-refractivity contribution >= 4 is 42.7 Å². The molecule has 1 N–H and O–H groups in total. The van der Waals surface area contributed by atoms with Crippen LogP contribution in [0.3, 0.4) is 0 Å². The van der Waals surface area contributed by atoms with Crippen molar-refractivity contribution in [2.75, 3.05) is 19.4 Å². The number of sulfone groups is 1. The predicted molar refractivity (Wildman–Crippen MR) is 144 cm³/mol. The summed E-state index contributed by atoms with van der Waals surface area (Å²) < 4.78 is 54.6. The first-order valence-electron chi connectivity index (χ1n) is 12.5. The molecule has 11 heteroatoms. The number of nitrogens with zero attached hydrogens (tertiary/aromatic N) is 1. The van der Waals surface area contributed by atoms with E-state index in [0.29, 0.717) is 19.3 Å². The average Bonchev–Trinajstić information content (AvgIpc) is 3.26. The molecule has 204 valence electrons. The lowest BCUT2D eigenvalue weighted by molar-refractivity contribution is -0.149. The van der Waals surface area contributed by atoms with E-state index < -0.39 is 42.9 Å². The Kier molecular flexibility index (Phi) is 8.39. The van der Waals surface area contributed by atoms with Gasteiger partial charge in [-0.05, 0) is 55.9 Å². The summed E-state index contributed by atoms with van der Waals surface area (Å²) in [6, 6.07) is 14.0. The number of H-pyrrole nitrogens is 1. The van der Waals surface area contributed by atoms with Crippen LogP contribution in [0.25, 0.3) is 10.9 Å². The van der Waals surface area contributed by atoms with E-state index in [4.69, 9.17) is 4.18 Å². The van der Waals surface area contributed by atoms with Gasteiger partial charge in [0.25, 0.3) is 10.1 Å². The van der Waals surface area contributed by atoms with Gasteiger partial charge in [0.1, 0.15) is 5.25 Å². The minimum atomic E-state index is -4.08. The molecule has 9 nitrogen and oxygen atoms in total. The van der Waals surface area contributed by atoms with Crippen LogP contribution in [0.1, 0.15) is 36.8 Å². The highest BCUT2D eigenvalue weighted by Gasteiger charge is 2.48. The molecule has 0 spiro atoms. The number of benzene rings is 2. The number of unbranched alkanes of at least 4 members (excludes halogenated alkanes) is 1. The zero-order valence-corrected chi connectivity index (χ0v) is 23.1. The summed E-state index contributed by atoms with van der Waals surface area (Å²) in [6.07, 6.45) is 4.15. The Balaban J connectivity index is 1.55. The van der Waals surface area contributed by atoms with E-state index in [1.807, 2.05) is 37.4 Å². The third-order valence-electron chi connectivity index (χ3n) is 6.91. The van der Waals surface area contributed by atoms with Crippen molar-refractivity contribution in [3.8, 4) is 0 Å². The molecule has 1 saturated heterocycles. The van der Waals surface area contributed by atoms with Gasteiger partial charge in [-0.15, -0.1) is 0 Å². The summed E-state index contributed by atoms with van der Waals surface area (Å²) in [7, 11) is -7.66. The van der Waals surface area contributed by atoms with Crippen LogP contribution in [0.4, 0.5) is 0 Å². The molecule has 0 radical (unpaired) electrons. The Bertz CT molecular complexity index is 1530. The number of aromatic nitrogens is 1. The first kappa shape index (κ1) is 28.0. The van der Waals surface area contributed by atoms with Crippen molar-refractivity contribution in [2.24, 2.45) is 5.92 Å². The second-order valence-electron chi connectivity index (χ2n) is 9.76. The molecule has 2 heterocycles. The zero-order valence-electron chi connectivity index (χ0n) is 21.4. The molecule has 1 aromatic heterocycles. The maximum Gasteiger partial charge on any atom is 0.264 e. The monoisotopic (exact) mass is 560 g/mol. The summed E-state index contributed by atoms with van der Waals surface area (Å²) in [5.41, 5.74) is 2.77. The van der Waals surface area contributed by atoms with E-state index in [-0.39, 0.29) is 30.9 Å². The maximum atomic E-state index is 13.7. The van der Waals surface area contributed by atoms with Gasteiger partial charge in [-0.2, -0.15) is 8.42 Å². The number of piperidine rings is 1. The Morgan fingerprint density at radius 2 is 1.71 bits per heavy atom. The number of fused-ring (bicyclic) bond motifs is 1. The topological polar surface area (TPSA) is 131 Å². The molecule has 0 saturated carbocycles. The molecule has 2 amide bonds. The number of aryl methyl sites for hydroxylation is 1. The predicted octanol–water partition coefficient (Wildman–Crippen LogP) is 3.38. The van der Waals surface area contributed by atoms with Crippen LogP contribution >= 0.6 is 0 Å². The van der Waals surface area contributed by atoms with Crippen LogP contribution in [0.5, 0.6) is 0 Å². The number of para-hydroxylation sites is 1. The SMILES string of the molecule is Cc1ccc(S(=O)(=O)[C@H]2C(=O)N(CCc3c[nH]c4ccccc34)C(=O)C[C@@H]2CCCCOS(C)(=O)=O)cc1. The third kappa shape index (κ3) is 6.33. The lowest BCUT2D eigenvalue weighted by atomic mass is 9.89. The largest absolute Gasteiger partial charge is 0.361 e. The molecule has 4 rings (SSSR count). The van der Waals surface area contributed by atoms with Gasteiger partial charge in [0, 0.05) is 30.1 Å². The number of imide groups is 1. The Morgan fingerprint density at radius 1 is 1.00 bits per heavy atom. The molecule has 0 unspecified atom stereocenters. The summed E-state index contributed by atoms with van der Waals surface area (Å²) in [4.78, 5) is 31.1. The van der Waals surface area contributed by atoms with Gasteiger partial charge in [-0.3, -0.25) is 18.7 Å². The second kappa shape index (κ2) is 11.4. The van der Waals surface area contributed by atoms with Gasteiger partial charge in [-0.1, -0.05) is 42.3 Å². The fraction of sp³-hybridized carbons (Fsp3) is 0.407. The van der Waals surface area contributed by atoms with E-state index in [1.165, 1.54) is 12.1 Å². The van der Waals surface area contributed by atoms with E-state index in [1.54, 1.807) is 12.1 Å². The lowest BCUT2D eigenvalue weighted by Gasteiger charge is -2.36. The van der Waals surface area contributed by atoms with Gasteiger partial charge in [0.2, 0.25) is 11.8 Å². The summed E-state index contributed by atoms with van der Waals surface area (Å²) >= 11 is 0. The molecule has 0 bridgehead atoms. The van der Waals surface area contributed by atoms with Crippen LogP contribution in [0.15, 0.2) is 59.6 Å². The van der Waals surface area contributed by atoms with Gasteiger partial charge in [-0.25, -0.2) is 8.42 Å². The van der Waals surface area contributed by atoms with E-state index in [9.17, 15) is 26.4 Å². The van der Waals surface area contributed by atoms with Crippen LogP contribution in [0, 0.1) is 12.8 Å². The standard InChI is InChI=1S/C27H32N2O7S2/c1-19-10-12-22(13-11-19)38(34,35)26-20(7-5-6-16-36-37(2,32)33)17-25(30)29(27(26)31)15-14-21-18-28-24-9-4-3-8-23(21)24/h3-4,8-13,18,20,26,28H,5-7,14-17H2,1-2H3/t20-,26+/m0/s1. The molecule has 0 aliphatic carbocycles. The molecule has 38 heavy (non-hydrogen) atoms. The summed E-state index contributed by atoms with van der Waals surface area (Å²) in [6.45, 7) is 1.88. The second-order valence-corrected chi connectivity index (χ2v) is 13.5. The molecule has 3 aromatic rings. The van der Waals surface area contributed by atoms with Gasteiger partial charge in [0.05, 0.1) is 17.8 Å². The maximum absolute atomic E-state index is 13.7. The molecule has 1 fully saturated rings. The lowest BCUT2D eigenvalue weighted by Crippen LogP contribution is -2.55. The number of nitrogens with one attached hydrogen (secondary N) is 1. The number of hydrogen-bond acceptors (Lipinski definition) is 7. The minimum absolute atomic E-state index is 0.0396. The van der Waals surface area contributed by atoms with Gasteiger partial charge < -0.3 is 4.98 Å². The van der Waals surface area contributed by atoms with Crippen molar-refractivity contribution in [3.05, 3.63) is 65.9 Å². The Morgan fingerprint density at radius 3 is 2.42 bits per heavy atom. The third-order valence-corrected chi connectivity index (χ3v) is 9.68. The quantitative estimate of drug-likeness (QED) is 0.216. The van der Waals surface area contributed by atoms with Crippen molar-refractivity contribution in [1.82, 2.24) is 9.88 Å².